The molecule has 0 aliphatic rings. The van der Waals surface area contributed by atoms with E-state index in [-0.39, 0.29) is 0 Å². The average molecular weight is 171 g/mol. The molecular formula is C4H5N5O3. The first-order chi connectivity index (χ1) is 5.68. The fourth-order valence-corrected chi connectivity index (χ4v) is 0.548. The van der Waals surface area contributed by atoms with Gasteiger partial charge in [-0.05, 0) is 5.21 Å². The summed E-state index contributed by atoms with van der Waals surface area (Å²) in [5.41, 5.74) is 2.12. The van der Waals surface area contributed by atoms with Crippen LogP contribution in [0.15, 0.2) is 12.4 Å². The summed E-state index contributed by atoms with van der Waals surface area (Å²) < 4.78 is 0. The molecule has 8 nitrogen and oxygen atoms in total. The van der Waals surface area contributed by atoms with Gasteiger partial charge in [0.25, 0.3) is 6.54 Å². The highest BCUT2D eigenvalue weighted by molar-refractivity contribution is 5.84. The second kappa shape index (κ2) is 3.42. The number of nitro groups is 1. The second-order valence-corrected chi connectivity index (χ2v) is 1.87. The smallest absolute Gasteiger partial charge is 0.265 e. The lowest BCUT2D eigenvalue weighted by Gasteiger charge is -1.98. The third kappa shape index (κ3) is 2.33. The van der Waals surface area contributed by atoms with Gasteiger partial charge in [-0.3, -0.25) is 14.9 Å². The number of nitrogens with zero attached hydrogens (tertiary/aromatic N) is 4. The molecule has 0 aromatic carbocycles. The number of nitrogens with one attached hydrogen (secondary N) is 1. The molecule has 0 saturated carbocycles. The van der Waals surface area contributed by atoms with E-state index in [0.717, 1.165) is 4.79 Å². The Morgan fingerprint density at radius 1 is 1.75 bits per heavy atom. The minimum absolute atomic E-state index is 0.730. The van der Waals surface area contributed by atoms with Crippen LogP contribution in [-0.4, -0.2) is 32.5 Å². The summed E-state index contributed by atoms with van der Waals surface area (Å²) in [5.74, 6) is -0.745. The Kier molecular flexibility index (Phi) is 2.31. The predicted octanol–water partition coefficient (Wildman–Crippen LogP) is -1.38. The van der Waals surface area contributed by atoms with Crippen molar-refractivity contribution in [2.75, 3.05) is 12.0 Å². The van der Waals surface area contributed by atoms with E-state index < -0.39 is 17.4 Å². The van der Waals surface area contributed by atoms with Crippen molar-refractivity contribution in [3.8, 4) is 0 Å². The number of amides is 1. The molecule has 0 aliphatic heterocycles. The van der Waals surface area contributed by atoms with Crippen LogP contribution in [0.2, 0.25) is 0 Å². The minimum Gasteiger partial charge on any atom is -0.265 e. The summed E-state index contributed by atoms with van der Waals surface area (Å²) in [6.45, 7) is -0.778. The van der Waals surface area contributed by atoms with Crippen molar-refractivity contribution >= 4 is 5.91 Å². The third-order valence-electron chi connectivity index (χ3n) is 0.934. The summed E-state index contributed by atoms with van der Waals surface area (Å²) in [7, 11) is 0. The van der Waals surface area contributed by atoms with Gasteiger partial charge in [-0.15, -0.1) is 5.10 Å². The lowest BCUT2D eigenvalue weighted by molar-refractivity contribution is -0.467. The van der Waals surface area contributed by atoms with Gasteiger partial charge in [-0.25, -0.2) is 5.43 Å². The van der Waals surface area contributed by atoms with Crippen LogP contribution in [0.1, 0.15) is 0 Å². The maximum Gasteiger partial charge on any atom is 0.311 e. The number of aromatic nitrogens is 3. The van der Waals surface area contributed by atoms with Gasteiger partial charge in [-0.1, -0.05) is 0 Å². The molecule has 0 radical (unpaired) electrons. The zero-order chi connectivity index (χ0) is 8.97. The molecule has 0 aliphatic carbocycles. The first-order valence-electron chi connectivity index (χ1n) is 2.96. The Hall–Kier alpha value is -1.99. The van der Waals surface area contributed by atoms with Crippen molar-refractivity contribution in [2.45, 2.75) is 0 Å². The number of carbonyl (C=O) groups is 1. The average Bonchev–Trinajstić information content (AvgIpc) is 2.37. The first kappa shape index (κ1) is 8.11. The van der Waals surface area contributed by atoms with Crippen molar-refractivity contribution in [3.63, 3.8) is 0 Å². The highest BCUT2D eigenvalue weighted by Crippen LogP contribution is 1.76. The Bertz CT molecular complexity index is 281. The minimum atomic E-state index is -0.778. The van der Waals surface area contributed by atoms with Crippen LogP contribution in [0.5, 0.6) is 0 Å². The molecule has 1 aromatic rings. The molecule has 1 heterocycles. The monoisotopic (exact) mass is 171 g/mol. The van der Waals surface area contributed by atoms with Gasteiger partial charge in [-0.2, -0.15) is 4.79 Å². The van der Waals surface area contributed by atoms with Crippen molar-refractivity contribution in [1.82, 2.24) is 15.1 Å². The van der Waals surface area contributed by atoms with Crippen molar-refractivity contribution in [2.24, 2.45) is 0 Å². The fraction of sp³-hybridized carbons (Fsp3) is 0.250. The lowest BCUT2D eigenvalue weighted by atomic mass is 10.6. The Morgan fingerprint density at radius 2 is 2.50 bits per heavy atom. The number of hydrogen-bond donors (Lipinski definition) is 1. The van der Waals surface area contributed by atoms with Gasteiger partial charge >= 0.3 is 5.91 Å². The van der Waals surface area contributed by atoms with E-state index in [1.54, 1.807) is 0 Å². The van der Waals surface area contributed by atoms with E-state index in [1.807, 2.05) is 0 Å². The quantitative estimate of drug-likeness (QED) is 0.446. The Morgan fingerprint density at radius 3 is 3.00 bits per heavy atom. The molecule has 0 spiro atoms. The standard InChI is InChI=1S/C4H5N5O3/c10-4(3-9(11)12)6-8-2-1-5-7-8/h1-2H,3H2,(H,6,10). The van der Waals surface area contributed by atoms with E-state index in [0.29, 0.717) is 0 Å². The van der Waals surface area contributed by atoms with Gasteiger partial charge in [0.05, 0.1) is 12.4 Å². The molecule has 12 heavy (non-hydrogen) atoms. The van der Waals surface area contributed by atoms with E-state index in [9.17, 15) is 14.9 Å². The van der Waals surface area contributed by atoms with Crippen LogP contribution in [0.4, 0.5) is 0 Å². The number of rotatable bonds is 3. The van der Waals surface area contributed by atoms with Crippen LogP contribution in [-0.2, 0) is 4.79 Å². The van der Waals surface area contributed by atoms with Crippen LogP contribution in [0.25, 0.3) is 0 Å². The molecule has 0 bridgehead atoms. The van der Waals surface area contributed by atoms with Gasteiger partial charge in [0.2, 0.25) is 0 Å². The van der Waals surface area contributed by atoms with Crippen molar-refractivity contribution < 1.29 is 9.72 Å². The highest BCUT2D eigenvalue weighted by atomic mass is 16.6. The molecule has 8 heteroatoms. The molecule has 1 rings (SSSR count). The van der Waals surface area contributed by atoms with Gasteiger partial charge in [0.15, 0.2) is 0 Å². The van der Waals surface area contributed by atoms with Crippen LogP contribution >= 0.6 is 0 Å². The zero-order valence-electron chi connectivity index (χ0n) is 5.88. The third-order valence-corrected chi connectivity index (χ3v) is 0.934. The van der Waals surface area contributed by atoms with E-state index >= 15 is 0 Å². The van der Waals surface area contributed by atoms with Gasteiger partial charge < -0.3 is 0 Å². The second-order valence-electron chi connectivity index (χ2n) is 1.87. The predicted molar refractivity (Wildman–Crippen MR) is 36.3 cm³/mol. The molecule has 64 valence electrons. The van der Waals surface area contributed by atoms with Gasteiger partial charge in [0, 0.05) is 4.92 Å². The molecule has 1 amide bonds. The van der Waals surface area contributed by atoms with Crippen LogP contribution in [0.3, 0.4) is 0 Å². The first-order valence-corrected chi connectivity index (χ1v) is 2.96. The van der Waals surface area contributed by atoms with Crippen molar-refractivity contribution in [1.29, 1.82) is 0 Å². The normalized spacial score (nSPS) is 9.33. The highest BCUT2D eigenvalue weighted by Gasteiger charge is 2.08. The summed E-state index contributed by atoms with van der Waals surface area (Å²) in [5, 5.41) is 16.6. The summed E-state index contributed by atoms with van der Waals surface area (Å²) in [4.78, 5) is 20.8. The largest absolute Gasteiger partial charge is 0.311 e. The van der Waals surface area contributed by atoms with Gasteiger partial charge in [0.1, 0.15) is 0 Å². The van der Waals surface area contributed by atoms with Crippen molar-refractivity contribution in [3.05, 3.63) is 22.5 Å². The molecule has 0 unspecified atom stereocenters. The molecule has 1 aromatic heterocycles. The van der Waals surface area contributed by atoms with E-state index in [2.05, 4.69) is 15.7 Å². The topological polar surface area (TPSA) is 103 Å². The summed E-state index contributed by atoms with van der Waals surface area (Å²) >= 11 is 0. The van der Waals surface area contributed by atoms with E-state index in [1.165, 1.54) is 12.4 Å². The van der Waals surface area contributed by atoms with E-state index in [4.69, 9.17) is 0 Å². The summed E-state index contributed by atoms with van der Waals surface area (Å²) in [6.07, 6.45) is 2.70. The molecule has 0 fully saturated rings. The lowest BCUT2D eigenvalue weighted by Crippen LogP contribution is -2.29. The Balaban J connectivity index is 2.42. The molecule has 1 N–H and O–H groups in total. The molecular weight excluding hydrogens is 166 g/mol. The molecule has 0 saturated heterocycles. The maximum absolute atomic E-state index is 10.7. The molecule has 0 atom stereocenters. The fourth-order valence-electron chi connectivity index (χ4n) is 0.548. The SMILES string of the molecule is O=C(C[N+](=O)[O-])Nn1ccnn1. The summed E-state index contributed by atoms with van der Waals surface area (Å²) in [6, 6.07) is 0. The van der Waals surface area contributed by atoms with Crippen LogP contribution < -0.4 is 5.43 Å². The zero-order valence-corrected chi connectivity index (χ0v) is 5.88. The maximum atomic E-state index is 10.7. The van der Waals surface area contributed by atoms with Crippen LogP contribution in [0, 0.1) is 10.1 Å². The number of carbonyl (C=O) groups excluding carboxylic acids is 1. The Labute approximate surface area is 66.3 Å². The number of hydrogen-bond acceptors (Lipinski definition) is 5.